The highest BCUT2D eigenvalue weighted by molar-refractivity contribution is 5.91. The zero-order valence-electron chi connectivity index (χ0n) is 14.0. The quantitative estimate of drug-likeness (QED) is 0.422. The molecule has 1 heterocycles. The van der Waals surface area contributed by atoms with Crippen LogP contribution < -0.4 is 0 Å². The van der Waals surface area contributed by atoms with Crippen molar-refractivity contribution >= 4 is 23.1 Å². The van der Waals surface area contributed by atoms with E-state index in [1.807, 2.05) is 18.3 Å². The highest BCUT2D eigenvalue weighted by atomic mass is 16.5. The molecule has 0 amide bonds. The number of para-hydroxylation sites is 1. The zero-order chi connectivity index (χ0) is 17.2. The van der Waals surface area contributed by atoms with E-state index in [1.54, 1.807) is 13.1 Å². The molecule has 0 aliphatic heterocycles. The minimum absolute atomic E-state index is 0.0867. The van der Waals surface area contributed by atoms with Gasteiger partial charge in [0.05, 0.1) is 6.61 Å². The van der Waals surface area contributed by atoms with E-state index in [0.29, 0.717) is 26.0 Å². The lowest BCUT2D eigenvalue weighted by Crippen LogP contribution is -2.02. The van der Waals surface area contributed by atoms with Crippen LogP contribution in [0.1, 0.15) is 25.3 Å². The maximum absolute atomic E-state index is 11.6. The van der Waals surface area contributed by atoms with Crippen molar-refractivity contribution in [1.29, 1.82) is 0 Å². The molecule has 5 heteroatoms. The molecule has 0 atom stereocenters. The Kier molecular flexibility index (Phi) is 7.23. The van der Waals surface area contributed by atoms with Crippen molar-refractivity contribution in [2.45, 2.75) is 26.2 Å². The van der Waals surface area contributed by atoms with Crippen LogP contribution in [-0.4, -0.2) is 42.0 Å². The molecule has 1 aromatic heterocycles. The number of carbonyl (C=O) groups excluding carboxylic acids is 1. The number of carbonyl (C=O) groups is 1. The zero-order valence-corrected chi connectivity index (χ0v) is 14.0. The highest BCUT2D eigenvalue weighted by Crippen LogP contribution is 2.18. The van der Waals surface area contributed by atoms with Crippen LogP contribution in [0.15, 0.2) is 47.1 Å². The predicted molar refractivity (Wildman–Crippen MR) is 96.4 cm³/mol. The number of hydrogen-bond donors (Lipinski definition) is 2. The Balaban J connectivity index is 1.95. The van der Waals surface area contributed by atoms with E-state index in [9.17, 15) is 4.79 Å². The highest BCUT2D eigenvalue weighted by Gasteiger charge is 2.03. The number of nitrogens with zero attached hydrogens (tertiary/aromatic N) is 1. The molecule has 0 aliphatic rings. The number of allylic oxidation sites excluding steroid dienone is 1. The molecule has 0 unspecified atom stereocenters. The third-order valence-electron chi connectivity index (χ3n) is 3.66. The number of aliphatic imine (C=N–C) groups is 1. The number of aliphatic hydroxyl groups excluding tert-OH is 1. The number of nitrogens with one attached hydrogen (secondary N) is 1. The first-order chi connectivity index (χ1) is 11.7. The van der Waals surface area contributed by atoms with Crippen LogP contribution in [0.3, 0.4) is 0 Å². The number of ether oxygens (including phenoxy) is 1. The molecule has 24 heavy (non-hydrogen) atoms. The van der Waals surface area contributed by atoms with Crippen molar-refractivity contribution in [3.05, 3.63) is 47.7 Å². The number of H-pyrrole nitrogens is 1. The fourth-order valence-electron chi connectivity index (χ4n) is 2.50. The van der Waals surface area contributed by atoms with Crippen molar-refractivity contribution in [3.63, 3.8) is 0 Å². The molecule has 2 N–H and O–H groups in total. The molecule has 2 aromatic rings. The number of rotatable bonds is 9. The lowest BCUT2D eigenvalue weighted by atomic mass is 10.1. The maximum atomic E-state index is 11.6. The van der Waals surface area contributed by atoms with Crippen LogP contribution >= 0.6 is 0 Å². The largest absolute Gasteiger partial charge is 0.463 e. The van der Waals surface area contributed by atoms with Gasteiger partial charge in [0.1, 0.15) is 0 Å². The second-order valence-corrected chi connectivity index (χ2v) is 5.44. The average Bonchev–Trinajstić information content (AvgIpc) is 2.99. The lowest BCUT2D eigenvalue weighted by molar-refractivity contribution is -0.137. The number of aromatic nitrogens is 1. The minimum atomic E-state index is -0.367. The lowest BCUT2D eigenvalue weighted by Gasteiger charge is -2.02. The van der Waals surface area contributed by atoms with Gasteiger partial charge in [0.25, 0.3) is 0 Å². The van der Waals surface area contributed by atoms with Crippen molar-refractivity contribution in [2.24, 2.45) is 4.99 Å². The second kappa shape index (κ2) is 9.67. The molecule has 5 nitrogen and oxygen atoms in total. The summed E-state index contributed by atoms with van der Waals surface area (Å²) in [4.78, 5) is 19.2. The standard InChI is InChI=1S/C19H24N2O3/c1-2-24-19(23)12-15(6-5-11-22)13-20-10-9-16-14-21-18-8-4-3-7-17(16)18/h3-4,7-8,12-14,21-22H,2,5-6,9-11H2,1H3/b15-12+,20-13?. The van der Waals surface area contributed by atoms with Crippen molar-refractivity contribution in [2.75, 3.05) is 19.8 Å². The molecule has 0 aliphatic carbocycles. The van der Waals surface area contributed by atoms with Gasteiger partial charge in [0.2, 0.25) is 0 Å². The van der Waals surface area contributed by atoms with Gasteiger partial charge < -0.3 is 14.8 Å². The van der Waals surface area contributed by atoms with Gasteiger partial charge in [-0.25, -0.2) is 4.79 Å². The van der Waals surface area contributed by atoms with Crippen LogP contribution in [0.5, 0.6) is 0 Å². The Labute approximate surface area is 142 Å². The van der Waals surface area contributed by atoms with E-state index < -0.39 is 0 Å². The maximum Gasteiger partial charge on any atom is 0.331 e. The number of aromatic amines is 1. The number of hydrogen-bond acceptors (Lipinski definition) is 4. The number of benzene rings is 1. The molecule has 0 saturated carbocycles. The molecule has 0 fully saturated rings. The number of esters is 1. The van der Waals surface area contributed by atoms with Crippen LogP contribution in [0, 0.1) is 0 Å². The van der Waals surface area contributed by atoms with Gasteiger partial charge in [-0.1, -0.05) is 18.2 Å². The van der Waals surface area contributed by atoms with Gasteiger partial charge in [-0.15, -0.1) is 0 Å². The van der Waals surface area contributed by atoms with E-state index in [4.69, 9.17) is 9.84 Å². The fourth-order valence-corrected chi connectivity index (χ4v) is 2.50. The van der Waals surface area contributed by atoms with Gasteiger partial charge in [-0.2, -0.15) is 0 Å². The average molecular weight is 328 g/mol. The molecule has 2 rings (SSSR count). The van der Waals surface area contributed by atoms with Gasteiger partial charge >= 0.3 is 5.97 Å². The van der Waals surface area contributed by atoms with Crippen LogP contribution in [0.2, 0.25) is 0 Å². The topological polar surface area (TPSA) is 74.7 Å². The Morgan fingerprint density at radius 2 is 2.21 bits per heavy atom. The normalized spacial score (nSPS) is 12.2. The molecular formula is C19H24N2O3. The van der Waals surface area contributed by atoms with Crippen LogP contribution in [0.25, 0.3) is 10.9 Å². The summed E-state index contributed by atoms with van der Waals surface area (Å²) >= 11 is 0. The smallest absolute Gasteiger partial charge is 0.331 e. The molecule has 0 radical (unpaired) electrons. The molecular weight excluding hydrogens is 304 g/mol. The molecule has 0 spiro atoms. The van der Waals surface area contributed by atoms with Gasteiger partial charge in [-0.05, 0) is 43.4 Å². The van der Waals surface area contributed by atoms with Gasteiger partial charge in [-0.3, -0.25) is 4.99 Å². The Morgan fingerprint density at radius 3 is 3.00 bits per heavy atom. The summed E-state index contributed by atoms with van der Waals surface area (Å²) in [5.74, 6) is -0.367. The SMILES string of the molecule is CCOC(=O)/C=C(/C=NCCc1c[nH]c2ccccc12)CCCO. The first-order valence-corrected chi connectivity index (χ1v) is 8.27. The third kappa shape index (κ3) is 5.35. The monoisotopic (exact) mass is 328 g/mol. The minimum Gasteiger partial charge on any atom is -0.463 e. The third-order valence-corrected chi connectivity index (χ3v) is 3.66. The molecule has 0 bridgehead atoms. The van der Waals surface area contributed by atoms with Crippen LogP contribution in [-0.2, 0) is 16.0 Å². The summed E-state index contributed by atoms with van der Waals surface area (Å²) in [6.45, 7) is 2.85. The Morgan fingerprint density at radius 1 is 1.38 bits per heavy atom. The predicted octanol–water partition coefficient (Wildman–Crippen LogP) is 3.04. The van der Waals surface area contributed by atoms with E-state index in [0.717, 1.165) is 17.5 Å². The summed E-state index contributed by atoms with van der Waals surface area (Å²) in [6, 6.07) is 8.18. The summed E-state index contributed by atoms with van der Waals surface area (Å²) in [6.07, 6.45) is 7.20. The Bertz CT molecular complexity index is 716. The molecule has 0 saturated heterocycles. The van der Waals surface area contributed by atoms with E-state index in [1.165, 1.54) is 17.0 Å². The summed E-state index contributed by atoms with van der Waals surface area (Å²) in [7, 11) is 0. The summed E-state index contributed by atoms with van der Waals surface area (Å²) in [5.41, 5.74) is 3.14. The molecule has 128 valence electrons. The second-order valence-electron chi connectivity index (χ2n) is 5.44. The van der Waals surface area contributed by atoms with Crippen molar-refractivity contribution in [3.8, 4) is 0 Å². The van der Waals surface area contributed by atoms with E-state index in [2.05, 4.69) is 22.1 Å². The number of fused-ring (bicyclic) bond motifs is 1. The first kappa shape index (κ1) is 17.9. The fraction of sp³-hybridized carbons (Fsp3) is 0.368. The van der Waals surface area contributed by atoms with E-state index in [-0.39, 0.29) is 12.6 Å². The van der Waals surface area contributed by atoms with Crippen molar-refractivity contribution < 1.29 is 14.6 Å². The molecule has 1 aromatic carbocycles. The summed E-state index contributed by atoms with van der Waals surface area (Å²) < 4.78 is 4.92. The van der Waals surface area contributed by atoms with Gasteiger partial charge in [0, 0.05) is 42.5 Å². The number of aliphatic hydroxyl groups is 1. The summed E-state index contributed by atoms with van der Waals surface area (Å²) in [5, 5.41) is 10.2. The first-order valence-electron chi connectivity index (χ1n) is 8.27. The Hall–Kier alpha value is -2.40. The van der Waals surface area contributed by atoms with Crippen LogP contribution in [0.4, 0.5) is 0 Å². The van der Waals surface area contributed by atoms with Crippen molar-refractivity contribution in [1.82, 2.24) is 4.98 Å². The van der Waals surface area contributed by atoms with Gasteiger partial charge in [0.15, 0.2) is 0 Å². The van der Waals surface area contributed by atoms with E-state index >= 15 is 0 Å².